The van der Waals surface area contributed by atoms with Gasteiger partial charge in [-0.05, 0) is 37.8 Å². The lowest BCUT2D eigenvalue weighted by atomic mass is 9.97. The highest BCUT2D eigenvalue weighted by Crippen LogP contribution is 2.20. The molecule has 2 aromatic carbocycles. The van der Waals surface area contributed by atoms with Gasteiger partial charge in [0.2, 0.25) is 0 Å². The third-order valence-corrected chi connectivity index (χ3v) is 5.35. The summed E-state index contributed by atoms with van der Waals surface area (Å²) in [5.74, 6) is 0.894. The van der Waals surface area contributed by atoms with Crippen LogP contribution in [0.2, 0.25) is 0 Å². The van der Waals surface area contributed by atoms with Crippen LogP contribution in [0.5, 0.6) is 0 Å². The van der Waals surface area contributed by atoms with Crippen LogP contribution in [-0.4, -0.2) is 36.5 Å². The van der Waals surface area contributed by atoms with Gasteiger partial charge in [0.05, 0.1) is 0 Å². The zero-order valence-electron chi connectivity index (χ0n) is 16.8. The lowest BCUT2D eigenvalue weighted by Gasteiger charge is -2.38. The van der Waals surface area contributed by atoms with Crippen molar-refractivity contribution < 1.29 is 0 Å². The molecule has 144 valence electrons. The van der Waals surface area contributed by atoms with Gasteiger partial charge in [0.15, 0.2) is 5.96 Å². The average molecular weight is 365 g/mol. The molecule has 0 amide bonds. The lowest BCUT2D eigenvalue weighted by Crippen LogP contribution is -2.51. The summed E-state index contributed by atoms with van der Waals surface area (Å²) < 4.78 is 0. The molecule has 2 unspecified atom stereocenters. The van der Waals surface area contributed by atoms with Crippen molar-refractivity contribution in [2.75, 3.05) is 13.6 Å². The molecule has 3 rings (SSSR count). The minimum atomic E-state index is 0.468. The Hall–Kier alpha value is -2.33. The number of piperidine rings is 1. The van der Waals surface area contributed by atoms with Crippen LogP contribution in [0, 0.1) is 6.92 Å². The zero-order valence-corrected chi connectivity index (χ0v) is 16.8. The van der Waals surface area contributed by atoms with Gasteiger partial charge in [-0.1, -0.05) is 60.2 Å². The number of benzene rings is 2. The number of nitrogens with one attached hydrogen (secondary N) is 2. The van der Waals surface area contributed by atoms with Gasteiger partial charge in [0.25, 0.3) is 0 Å². The van der Waals surface area contributed by atoms with E-state index in [1.807, 2.05) is 7.05 Å². The first-order valence-corrected chi connectivity index (χ1v) is 9.94. The molecule has 1 heterocycles. The normalized spacial score (nSPS) is 21.1. The van der Waals surface area contributed by atoms with E-state index in [4.69, 9.17) is 0 Å². The van der Waals surface area contributed by atoms with E-state index < -0.39 is 0 Å². The molecule has 27 heavy (non-hydrogen) atoms. The maximum absolute atomic E-state index is 4.41. The van der Waals surface area contributed by atoms with Crippen molar-refractivity contribution in [1.29, 1.82) is 0 Å². The van der Waals surface area contributed by atoms with Crippen molar-refractivity contribution in [3.05, 3.63) is 71.3 Å². The first-order chi connectivity index (χ1) is 13.1. The molecule has 1 fully saturated rings. The molecule has 2 N–H and O–H groups in total. The van der Waals surface area contributed by atoms with Crippen molar-refractivity contribution in [2.45, 2.75) is 51.9 Å². The van der Waals surface area contributed by atoms with Crippen LogP contribution in [0.25, 0.3) is 0 Å². The van der Waals surface area contributed by atoms with E-state index in [1.54, 1.807) is 0 Å². The number of hydrogen-bond acceptors (Lipinski definition) is 2. The Morgan fingerprint density at radius 2 is 1.89 bits per heavy atom. The summed E-state index contributed by atoms with van der Waals surface area (Å²) in [4.78, 5) is 6.99. The topological polar surface area (TPSA) is 39.7 Å². The summed E-state index contributed by atoms with van der Waals surface area (Å²) >= 11 is 0. The van der Waals surface area contributed by atoms with Crippen LogP contribution in [0.4, 0.5) is 0 Å². The molecule has 1 aliphatic heterocycles. The second-order valence-electron chi connectivity index (χ2n) is 7.59. The van der Waals surface area contributed by atoms with Crippen LogP contribution in [-0.2, 0) is 13.1 Å². The predicted molar refractivity (Wildman–Crippen MR) is 114 cm³/mol. The Labute approximate surface area is 163 Å². The maximum atomic E-state index is 4.41. The Morgan fingerprint density at radius 3 is 2.59 bits per heavy atom. The summed E-state index contributed by atoms with van der Waals surface area (Å²) in [6.07, 6.45) is 2.28. The highest BCUT2D eigenvalue weighted by atomic mass is 15.2. The number of rotatable bonds is 5. The largest absolute Gasteiger partial charge is 0.354 e. The van der Waals surface area contributed by atoms with Crippen LogP contribution in [0.3, 0.4) is 0 Å². The number of aryl methyl sites for hydroxylation is 1. The van der Waals surface area contributed by atoms with Crippen LogP contribution in [0.1, 0.15) is 36.5 Å². The Kier molecular flexibility index (Phi) is 6.88. The third-order valence-electron chi connectivity index (χ3n) is 5.35. The second-order valence-corrected chi connectivity index (χ2v) is 7.59. The molecule has 1 aliphatic rings. The summed E-state index contributed by atoms with van der Waals surface area (Å²) in [6, 6.07) is 20.4. The SMILES string of the molecule is CN=C(NCc1cccc(C)c1)NC1CCN(Cc2ccccc2)C(C)C1. The fourth-order valence-electron chi connectivity index (χ4n) is 3.80. The summed E-state index contributed by atoms with van der Waals surface area (Å²) in [6.45, 7) is 7.41. The van der Waals surface area contributed by atoms with Gasteiger partial charge >= 0.3 is 0 Å². The number of nitrogens with zero attached hydrogens (tertiary/aromatic N) is 2. The van der Waals surface area contributed by atoms with Gasteiger partial charge < -0.3 is 10.6 Å². The average Bonchev–Trinajstić information content (AvgIpc) is 2.68. The van der Waals surface area contributed by atoms with Gasteiger partial charge in [0, 0.05) is 38.8 Å². The monoisotopic (exact) mass is 364 g/mol. The number of aliphatic imine (C=N–C) groups is 1. The third kappa shape index (κ3) is 5.83. The van der Waals surface area contributed by atoms with E-state index in [-0.39, 0.29) is 0 Å². The van der Waals surface area contributed by atoms with Crippen molar-refractivity contribution in [3.8, 4) is 0 Å². The molecule has 4 heteroatoms. The molecule has 4 nitrogen and oxygen atoms in total. The molecule has 0 saturated carbocycles. The van der Waals surface area contributed by atoms with Gasteiger partial charge in [-0.25, -0.2) is 0 Å². The van der Waals surface area contributed by atoms with Crippen LogP contribution >= 0.6 is 0 Å². The van der Waals surface area contributed by atoms with E-state index >= 15 is 0 Å². The molecule has 2 atom stereocenters. The van der Waals surface area contributed by atoms with Crippen LogP contribution in [0.15, 0.2) is 59.6 Å². The van der Waals surface area contributed by atoms with Crippen molar-refractivity contribution >= 4 is 5.96 Å². The minimum Gasteiger partial charge on any atom is -0.354 e. The van der Waals surface area contributed by atoms with Crippen molar-refractivity contribution in [3.63, 3.8) is 0 Å². The Bertz CT molecular complexity index is 741. The Balaban J connectivity index is 1.47. The van der Waals surface area contributed by atoms with Gasteiger partial charge in [0.1, 0.15) is 0 Å². The second kappa shape index (κ2) is 9.56. The maximum Gasteiger partial charge on any atom is 0.191 e. The smallest absolute Gasteiger partial charge is 0.191 e. The van der Waals surface area contributed by atoms with E-state index in [0.717, 1.165) is 38.4 Å². The van der Waals surface area contributed by atoms with Crippen molar-refractivity contribution in [1.82, 2.24) is 15.5 Å². The Morgan fingerprint density at radius 1 is 1.11 bits per heavy atom. The highest BCUT2D eigenvalue weighted by Gasteiger charge is 2.25. The molecule has 1 saturated heterocycles. The number of guanidine groups is 1. The zero-order chi connectivity index (χ0) is 19.1. The number of likely N-dealkylation sites (tertiary alicyclic amines) is 1. The van der Waals surface area contributed by atoms with E-state index in [0.29, 0.717) is 12.1 Å². The summed E-state index contributed by atoms with van der Waals surface area (Å²) in [5.41, 5.74) is 3.97. The molecule has 2 aromatic rings. The van der Waals surface area contributed by atoms with Crippen LogP contribution < -0.4 is 10.6 Å². The first kappa shape index (κ1) is 19.4. The molecule has 0 aromatic heterocycles. The molecule has 0 aliphatic carbocycles. The molecular weight excluding hydrogens is 332 g/mol. The fourth-order valence-corrected chi connectivity index (χ4v) is 3.80. The van der Waals surface area contributed by atoms with E-state index in [9.17, 15) is 0 Å². The van der Waals surface area contributed by atoms with Gasteiger partial charge in [-0.3, -0.25) is 9.89 Å². The highest BCUT2D eigenvalue weighted by molar-refractivity contribution is 5.79. The van der Waals surface area contributed by atoms with Gasteiger partial charge in [-0.15, -0.1) is 0 Å². The molecule has 0 radical (unpaired) electrons. The van der Waals surface area contributed by atoms with Gasteiger partial charge in [-0.2, -0.15) is 0 Å². The quantitative estimate of drug-likeness (QED) is 0.627. The predicted octanol–water partition coefficient (Wildman–Crippen LogP) is 3.71. The number of hydrogen-bond donors (Lipinski definition) is 2. The van der Waals surface area contributed by atoms with Crippen molar-refractivity contribution in [2.24, 2.45) is 4.99 Å². The standard InChI is InChI=1S/C23H32N4/c1-18-8-7-11-21(14-18)16-25-23(24-3)26-22-12-13-27(19(2)15-22)17-20-9-5-4-6-10-20/h4-11,14,19,22H,12-13,15-17H2,1-3H3,(H2,24,25,26). The summed E-state index contributed by atoms with van der Waals surface area (Å²) in [7, 11) is 1.85. The summed E-state index contributed by atoms with van der Waals surface area (Å²) in [5, 5.41) is 7.07. The lowest BCUT2D eigenvalue weighted by molar-refractivity contribution is 0.134. The minimum absolute atomic E-state index is 0.468. The molecular formula is C23H32N4. The fraction of sp³-hybridized carbons (Fsp3) is 0.435. The molecule has 0 spiro atoms. The first-order valence-electron chi connectivity index (χ1n) is 9.94. The van der Waals surface area contributed by atoms with E-state index in [1.165, 1.54) is 16.7 Å². The molecule has 0 bridgehead atoms. The van der Waals surface area contributed by atoms with E-state index in [2.05, 4.69) is 89.0 Å².